The van der Waals surface area contributed by atoms with E-state index in [4.69, 9.17) is 5.11 Å². The van der Waals surface area contributed by atoms with Crippen LogP contribution < -0.4 is 5.32 Å². The van der Waals surface area contributed by atoms with Crippen molar-refractivity contribution in [3.05, 3.63) is 18.1 Å². The first kappa shape index (κ1) is 15.4. The van der Waals surface area contributed by atoms with E-state index in [0.29, 0.717) is 31.0 Å². The zero-order chi connectivity index (χ0) is 14.1. The van der Waals surface area contributed by atoms with Crippen LogP contribution in [0.4, 0.5) is 5.82 Å². The van der Waals surface area contributed by atoms with Crippen LogP contribution in [-0.4, -0.2) is 52.1 Å². The summed E-state index contributed by atoms with van der Waals surface area (Å²) >= 11 is 0. The van der Waals surface area contributed by atoms with Crippen LogP contribution in [0.5, 0.6) is 0 Å². The standard InChI is InChI=1S/C13H22N4O2/c1-3-6-15-12-10-14-9-11(16-12)13(19)17(4-2)7-5-8-18/h9-10,18H,3-8H2,1-2H3,(H,15,16). The largest absolute Gasteiger partial charge is 0.396 e. The lowest BCUT2D eigenvalue weighted by atomic mass is 10.3. The minimum absolute atomic E-state index is 0.0769. The van der Waals surface area contributed by atoms with Gasteiger partial charge in [0.05, 0.1) is 12.4 Å². The van der Waals surface area contributed by atoms with Crippen LogP contribution in [0.15, 0.2) is 12.4 Å². The number of nitrogens with zero attached hydrogens (tertiary/aromatic N) is 3. The Morgan fingerprint density at radius 1 is 1.42 bits per heavy atom. The number of carbonyl (C=O) groups is 1. The maximum Gasteiger partial charge on any atom is 0.274 e. The van der Waals surface area contributed by atoms with Crippen LogP contribution in [0.1, 0.15) is 37.2 Å². The van der Waals surface area contributed by atoms with Crippen molar-refractivity contribution in [1.82, 2.24) is 14.9 Å². The number of aliphatic hydroxyl groups is 1. The van der Waals surface area contributed by atoms with Crippen molar-refractivity contribution in [1.29, 1.82) is 0 Å². The van der Waals surface area contributed by atoms with Crippen molar-refractivity contribution in [3.63, 3.8) is 0 Å². The van der Waals surface area contributed by atoms with E-state index in [1.807, 2.05) is 6.92 Å². The number of rotatable bonds is 8. The topological polar surface area (TPSA) is 78.4 Å². The predicted molar refractivity (Wildman–Crippen MR) is 74.1 cm³/mol. The third-order valence-corrected chi connectivity index (χ3v) is 2.66. The van der Waals surface area contributed by atoms with Gasteiger partial charge in [0.15, 0.2) is 0 Å². The average Bonchev–Trinajstić information content (AvgIpc) is 2.46. The van der Waals surface area contributed by atoms with Gasteiger partial charge in [0.2, 0.25) is 0 Å². The molecule has 0 aromatic carbocycles. The number of aromatic nitrogens is 2. The summed E-state index contributed by atoms with van der Waals surface area (Å²) in [5.41, 5.74) is 0.334. The molecule has 0 aliphatic heterocycles. The van der Waals surface area contributed by atoms with Gasteiger partial charge in [-0.2, -0.15) is 0 Å². The highest BCUT2D eigenvalue weighted by Crippen LogP contribution is 2.06. The van der Waals surface area contributed by atoms with Gasteiger partial charge in [0.1, 0.15) is 11.5 Å². The highest BCUT2D eigenvalue weighted by atomic mass is 16.3. The summed E-state index contributed by atoms with van der Waals surface area (Å²) < 4.78 is 0. The quantitative estimate of drug-likeness (QED) is 0.738. The van der Waals surface area contributed by atoms with Crippen molar-refractivity contribution in [2.45, 2.75) is 26.7 Å². The molecule has 6 nitrogen and oxygen atoms in total. The van der Waals surface area contributed by atoms with Crippen LogP contribution >= 0.6 is 0 Å². The van der Waals surface area contributed by atoms with Crippen LogP contribution in [0.25, 0.3) is 0 Å². The van der Waals surface area contributed by atoms with E-state index in [0.717, 1.165) is 13.0 Å². The number of hydrogen-bond acceptors (Lipinski definition) is 5. The summed E-state index contributed by atoms with van der Waals surface area (Å²) in [6, 6.07) is 0. The summed E-state index contributed by atoms with van der Waals surface area (Å²) in [6.07, 6.45) is 4.63. The van der Waals surface area contributed by atoms with Gasteiger partial charge < -0.3 is 15.3 Å². The van der Waals surface area contributed by atoms with E-state index in [9.17, 15) is 4.79 Å². The Bertz CT molecular complexity index is 398. The maximum absolute atomic E-state index is 12.2. The second kappa shape index (κ2) is 8.42. The summed E-state index contributed by atoms with van der Waals surface area (Å²) in [6.45, 7) is 5.96. The molecule has 1 heterocycles. The van der Waals surface area contributed by atoms with Crippen molar-refractivity contribution in [3.8, 4) is 0 Å². The predicted octanol–water partition coefficient (Wildman–Crippen LogP) is 1.14. The molecule has 0 radical (unpaired) electrons. The molecule has 1 amide bonds. The molecule has 19 heavy (non-hydrogen) atoms. The number of anilines is 1. The van der Waals surface area contributed by atoms with E-state index in [1.165, 1.54) is 6.20 Å². The van der Waals surface area contributed by atoms with Crippen LogP contribution in [0.2, 0.25) is 0 Å². The van der Waals surface area contributed by atoms with Crippen molar-refractivity contribution >= 4 is 11.7 Å². The van der Waals surface area contributed by atoms with Crippen LogP contribution in [0.3, 0.4) is 0 Å². The van der Waals surface area contributed by atoms with Gasteiger partial charge in [-0.3, -0.25) is 9.78 Å². The van der Waals surface area contributed by atoms with E-state index >= 15 is 0 Å². The van der Waals surface area contributed by atoms with Gasteiger partial charge in [0, 0.05) is 26.2 Å². The minimum atomic E-state index is -0.149. The third-order valence-electron chi connectivity index (χ3n) is 2.66. The van der Waals surface area contributed by atoms with Gasteiger partial charge in [-0.05, 0) is 19.8 Å². The average molecular weight is 266 g/mol. The van der Waals surface area contributed by atoms with E-state index in [1.54, 1.807) is 11.1 Å². The smallest absolute Gasteiger partial charge is 0.274 e. The van der Waals surface area contributed by atoms with Gasteiger partial charge in [0.25, 0.3) is 5.91 Å². The molecule has 2 N–H and O–H groups in total. The first-order chi connectivity index (χ1) is 9.22. The first-order valence-electron chi connectivity index (χ1n) is 6.69. The Morgan fingerprint density at radius 3 is 2.84 bits per heavy atom. The SMILES string of the molecule is CCCNc1cncc(C(=O)N(CC)CCCO)n1. The van der Waals surface area contributed by atoms with Gasteiger partial charge in [-0.15, -0.1) is 0 Å². The minimum Gasteiger partial charge on any atom is -0.396 e. The second-order valence-corrected chi connectivity index (χ2v) is 4.18. The lowest BCUT2D eigenvalue weighted by Gasteiger charge is -2.19. The molecule has 6 heteroatoms. The Balaban J connectivity index is 2.74. The molecule has 1 aromatic heterocycles. The number of aliphatic hydroxyl groups excluding tert-OH is 1. The fraction of sp³-hybridized carbons (Fsp3) is 0.615. The van der Waals surface area contributed by atoms with E-state index < -0.39 is 0 Å². The molecule has 0 bridgehead atoms. The Morgan fingerprint density at radius 2 is 2.21 bits per heavy atom. The van der Waals surface area contributed by atoms with Crippen molar-refractivity contribution in [2.24, 2.45) is 0 Å². The number of carbonyl (C=O) groups excluding carboxylic acids is 1. The molecule has 1 rings (SSSR count). The van der Waals surface area contributed by atoms with Gasteiger partial charge >= 0.3 is 0 Å². The summed E-state index contributed by atoms with van der Waals surface area (Å²) in [4.78, 5) is 22.2. The van der Waals surface area contributed by atoms with Crippen molar-refractivity contribution < 1.29 is 9.90 Å². The fourth-order valence-electron chi connectivity index (χ4n) is 1.63. The molecule has 0 atom stereocenters. The van der Waals surface area contributed by atoms with E-state index in [2.05, 4.69) is 22.2 Å². The van der Waals surface area contributed by atoms with Crippen LogP contribution in [0, 0.1) is 0 Å². The lowest BCUT2D eigenvalue weighted by Crippen LogP contribution is -2.33. The third kappa shape index (κ3) is 4.82. The summed E-state index contributed by atoms with van der Waals surface area (Å²) in [7, 11) is 0. The monoisotopic (exact) mass is 266 g/mol. The van der Waals surface area contributed by atoms with E-state index in [-0.39, 0.29) is 12.5 Å². The lowest BCUT2D eigenvalue weighted by molar-refractivity contribution is 0.0748. The fourth-order valence-corrected chi connectivity index (χ4v) is 1.63. The molecular formula is C13H22N4O2. The molecule has 0 aliphatic carbocycles. The Labute approximate surface area is 113 Å². The molecule has 1 aromatic rings. The highest BCUT2D eigenvalue weighted by molar-refractivity contribution is 5.92. The second-order valence-electron chi connectivity index (χ2n) is 4.18. The molecular weight excluding hydrogens is 244 g/mol. The Hall–Kier alpha value is -1.69. The Kier molecular flexibility index (Phi) is 6.81. The zero-order valence-corrected chi connectivity index (χ0v) is 11.6. The summed E-state index contributed by atoms with van der Waals surface area (Å²) in [5.74, 6) is 0.467. The van der Waals surface area contributed by atoms with Gasteiger partial charge in [-0.25, -0.2) is 4.98 Å². The molecule has 0 aliphatic rings. The molecule has 0 unspecified atom stereocenters. The first-order valence-corrected chi connectivity index (χ1v) is 6.69. The molecule has 0 fully saturated rings. The normalized spacial score (nSPS) is 10.3. The molecule has 0 spiro atoms. The number of nitrogens with one attached hydrogen (secondary N) is 1. The van der Waals surface area contributed by atoms with Gasteiger partial charge in [-0.1, -0.05) is 6.92 Å². The molecule has 0 saturated heterocycles. The molecule has 106 valence electrons. The maximum atomic E-state index is 12.2. The molecule has 0 saturated carbocycles. The zero-order valence-electron chi connectivity index (χ0n) is 11.6. The number of amides is 1. The van der Waals surface area contributed by atoms with Crippen LogP contribution in [-0.2, 0) is 0 Å². The van der Waals surface area contributed by atoms with Crippen molar-refractivity contribution in [2.75, 3.05) is 31.6 Å². The highest BCUT2D eigenvalue weighted by Gasteiger charge is 2.15. The number of hydrogen-bond donors (Lipinski definition) is 2. The summed E-state index contributed by atoms with van der Waals surface area (Å²) in [5, 5.41) is 11.9.